The van der Waals surface area contributed by atoms with Gasteiger partial charge in [-0.3, -0.25) is 14.2 Å². The lowest BCUT2D eigenvalue weighted by Gasteiger charge is -2.13. The number of benzene rings is 2. The molecule has 1 fully saturated rings. The molecule has 2 aromatic carbocycles. The normalized spacial score (nSPS) is 13.3. The number of rotatable bonds is 5. The van der Waals surface area contributed by atoms with Gasteiger partial charge in [-0.1, -0.05) is 42.0 Å². The smallest absolute Gasteiger partial charge is 0.348 e. The molecule has 148 valence electrons. The molecule has 0 unspecified atom stereocenters. The highest BCUT2D eigenvalue weighted by Gasteiger charge is 2.28. The number of para-hydroxylation sites is 1. The van der Waals surface area contributed by atoms with Crippen LogP contribution in [0.15, 0.2) is 58.1 Å². The van der Waals surface area contributed by atoms with Crippen molar-refractivity contribution in [3.05, 3.63) is 92.0 Å². The molecule has 0 radical (unpaired) electrons. The van der Waals surface area contributed by atoms with E-state index in [9.17, 15) is 18.8 Å². The second kappa shape index (κ2) is 7.46. The van der Waals surface area contributed by atoms with Gasteiger partial charge >= 0.3 is 5.69 Å². The summed E-state index contributed by atoms with van der Waals surface area (Å²) >= 11 is 0. The Morgan fingerprint density at radius 2 is 1.93 bits per heavy atom. The van der Waals surface area contributed by atoms with Crippen LogP contribution in [0.2, 0.25) is 0 Å². The number of halogens is 1. The number of aromatic nitrogens is 3. The zero-order valence-electron chi connectivity index (χ0n) is 15.8. The first-order valence-corrected chi connectivity index (χ1v) is 9.29. The highest BCUT2D eigenvalue weighted by Crippen LogP contribution is 2.18. The van der Waals surface area contributed by atoms with Gasteiger partial charge < -0.3 is 5.32 Å². The molecule has 0 bridgehead atoms. The van der Waals surface area contributed by atoms with Gasteiger partial charge in [0.05, 0.1) is 6.54 Å². The molecule has 1 aliphatic rings. The number of aryl methyl sites for hydroxylation is 1. The summed E-state index contributed by atoms with van der Waals surface area (Å²) in [5.41, 5.74) is -0.509. The molecule has 1 heterocycles. The lowest BCUT2D eigenvalue weighted by molar-refractivity contribution is 0.0941. The van der Waals surface area contributed by atoms with Gasteiger partial charge in [0, 0.05) is 6.04 Å². The lowest BCUT2D eigenvalue weighted by atomic mass is 10.1. The van der Waals surface area contributed by atoms with E-state index >= 15 is 0 Å². The second-order valence-corrected chi connectivity index (χ2v) is 7.12. The predicted octanol–water partition coefficient (Wildman–Crippen LogP) is 1.78. The van der Waals surface area contributed by atoms with Crippen molar-refractivity contribution in [3.63, 3.8) is 0 Å². The molecule has 0 aliphatic heterocycles. The van der Waals surface area contributed by atoms with Crippen LogP contribution < -0.4 is 16.6 Å². The van der Waals surface area contributed by atoms with Crippen molar-refractivity contribution in [1.29, 1.82) is 0 Å². The second-order valence-electron chi connectivity index (χ2n) is 7.12. The molecule has 1 amide bonds. The molecule has 0 spiro atoms. The lowest BCUT2D eigenvalue weighted by Crippen LogP contribution is -2.46. The molecular formula is C21H19FN4O3. The minimum Gasteiger partial charge on any atom is -0.348 e. The van der Waals surface area contributed by atoms with Gasteiger partial charge in [-0.15, -0.1) is 0 Å². The molecule has 1 aliphatic carbocycles. The maximum Gasteiger partial charge on any atom is 0.352 e. The fourth-order valence-corrected chi connectivity index (χ4v) is 3.05. The van der Waals surface area contributed by atoms with Gasteiger partial charge in [-0.05, 0) is 37.5 Å². The van der Waals surface area contributed by atoms with Crippen molar-refractivity contribution in [2.45, 2.75) is 32.4 Å². The highest BCUT2D eigenvalue weighted by atomic mass is 19.1. The first-order valence-electron chi connectivity index (χ1n) is 9.29. The van der Waals surface area contributed by atoms with Gasteiger partial charge in [0.1, 0.15) is 11.5 Å². The molecule has 3 aromatic rings. The van der Waals surface area contributed by atoms with E-state index in [-0.39, 0.29) is 18.3 Å². The van der Waals surface area contributed by atoms with Gasteiger partial charge in [0.2, 0.25) is 5.69 Å². The van der Waals surface area contributed by atoms with Crippen LogP contribution in [0.25, 0.3) is 5.69 Å². The quantitative estimate of drug-likeness (QED) is 0.715. The van der Waals surface area contributed by atoms with Crippen LogP contribution in [-0.4, -0.2) is 26.3 Å². The van der Waals surface area contributed by atoms with Crippen molar-refractivity contribution >= 4 is 5.91 Å². The summed E-state index contributed by atoms with van der Waals surface area (Å²) in [4.78, 5) is 38.5. The van der Waals surface area contributed by atoms with Gasteiger partial charge in [0.15, 0.2) is 0 Å². The maximum absolute atomic E-state index is 14.3. The Balaban J connectivity index is 1.89. The maximum atomic E-state index is 14.3. The van der Waals surface area contributed by atoms with Crippen LogP contribution >= 0.6 is 0 Å². The first-order chi connectivity index (χ1) is 13.9. The molecule has 1 saturated carbocycles. The molecule has 1 aromatic heterocycles. The first kappa shape index (κ1) is 18.8. The molecular weight excluding hydrogens is 375 g/mol. The highest BCUT2D eigenvalue weighted by molar-refractivity contribution is 5.92. The van der Waals surface area contributed by atoms with Crippen molar-refractivity contribution in [3.8, 4) is 5.69 Å². The Labute approximate surface area is 165 Å². The summed E-state index contributed by atoms with van der Waals surface area (Å²) in [6, 6.07) is 12.9. The Kier molecular flexibility index (Phi) is 4.84. The Morgan fingerprint density at radius 3 is 2.62 bits per heavy atom. The fraction of sp³-hybridized carbons (Fsp3) is 0.238. The number of carbonyl (C=O) groups is 1. The summed E-state index contributed by atoms with van der Waals surface area (Å²) in [5, 5.41) is 6.62. The number of hydrogen-bond acceptors (Lipinski definition) is 4. The van der Waals surface area contributed by atoms with Crippen LogP contribution in [-0.2, 0) is 6.54 Å². The summed E-state index contributed by atoms with van der Waals surface area (Å²) in [5.74, 6) is -1.35. The van der Waals surface area contributed by atoms with E-state index in [4.69, 9.17) is 0 Å². The Bertz CT molecular complexity index is 1210. The number of nitrogens with one attached hydrogen (secondary N) is 1. The van der Waals surface area contributed by atoms with Crippen molar-refractivity contribution in [1.82, 2.24) is 19.7 Å². The van der Waals surface area contributed by atoms with E-state index in [2.05, 4.69) is 10.4 Å². The van der Waals surface area contributed by atoms with Gasteiger partial charge in [0.25, 0.3) is 11.5 Å². The van der Waals surface area contributed by atoms with Crippen molar-refractivity contribution in [2.24, 2.45) is 0 Å². The summed E-state index contributed by atoms with van der Waals surface area (Å²) in [7, 11) is 0. The van der Waals surface area contributed by atoms with E-state index in [1.807, 2.05) is 25.1 Å². The summed E-state index contributed by atoms with van der Waals surface area (Å²) in [6.07, 6.45) is 1.66. The van der Waals surface area contributed by atoms with E-state index < -0.39 is 28.7 Å². The van der Waals surface area contributed by atoms with Gasteiger partial charge in [-0.2, -0.15) is 9.78 Å². The van der Waals surface area contributed by atoms with E-state index in [0.29, 0.717) is 5.56 Å². The van der Waals surface area contributed by atoms with Crippen molar-refractivity contribution in [2.75, 3.05) is 0 Å². The minimum absolute atomic E-state index is 0.00256. The third-order valence-electron chi connectivity index (χ3n) is 4.69. The van der Waals surface area contributed by atoms with E-state index in [1.54, 1.807) is 12.1 Å². The minimum atomic E-state index is -0.815. The molecule has 0 saturated heterocycles. The molecule has 1 N–H and O–H groups in total. The third-order valence-corrected chi connectivity index (χ3v) is 4.69. The predicted molar refractivity (Wildman–Crippen MR) is 105 cm³/mol. The SMILES string of the molecule is Cc1cccc(Cn2c(=O)c(C(=O)NC3CC3)nn(-c3ccccc3F)c2=O)c1. The number of amides is 1. The molecule has 4 rings (SSSR count). The summed E-state index contributed by atoms with van der Waals surface area (Å²) < 4.78 is 16.0. The molecule has 0 atom stereocenters. The third kappa shape index (κ3) is 3.87. The fourth-order valence-electron chi connectivity index (χ4n) is 3.05. The van der Waals surface area contributed by atoms with Crippen molar-refractivity contribution < 1.29 is 9.18 Å². The Hall–Kier alpha value is -3.55. The van der Waals surface area contributed by atoms with E-state index in [1.165, 1.54) is 18.2 Å². The largest absolute Gasteiger partial charge is 0.352 e. The number of carbonyl (C=O) groups excluding carboxylic acids is 1. The standard InChI is InChI=1S/C21H19FN4O3/c1-13-5-4-6-14(11-13)12-25-20(28)18(19(27)23-15-9-10-15)24-26(21(25)29)17-8-3-2-7-16(17)22/h2-8,11,15H,9-10,12H2,1H3,(H,23,27). The van der Waals surface area contributed by atoms with Crippen LogP contribution in [0.1, 0.15) is 34.5 Å². The van der Waals surface area contributed by atoms with Crippen LogP contribution in [0.5, 0.6) is 0 Å². The molecule has 8 heteroatoms. The van der Waals surface area contributed by atoms with Crippen LogP contribution in [0.3, 0.4) is 0 Å². The van der Waals surface area contributed by atoms with Crippen LogP contribution in [0.4, 0.5) is 4.39 Å². The van der Waals surface area contributed by atoms with E-state index in [0.717, 1.165) is 27.7 Å². The van der Waals surface area contributed by atoms with Gasteiger partial charge in [-0.25, -0.2) is 9.18 Å². The molecule has 29 heavy (non-hydrogen) atoms. The monoisotopic (exact) mass is 394 g/mol. The average molecular weight is 394 g/mol. The van der Waals surface area contributed by atoms with Crippen LogP contribution in [0, 0.1) is 12.7 Å². The Morgan fingerprint density at radius 1 is 1.17 bits per heavy atom. The number of nitrogens with zero attached hydrogens (tertiary/aromatic N) is 3. The zero-order chi connectivity index (χ0) is 20.5. The molecule has 7 nitrogen and oxygen atoms in total. The summed E-state index contributed by atoms with van der Waals surface area (Å²) in [6.45, 7) is 1.84. The zero-order valence-corrected chi connectivity index (χ0v) is 15.8. The topological polar surface area (TPSA) is 86.0 Å². The average Bonchev–Trinajstić information content (AvgIpc) is 3.50. The number of hydrogen-bond donors (Lipinski definition) is 1.